The lowest BCUT2D eigenvalue weighted by molar-refractivity contribution is 0.333. The summed E-state index contributed by atoms with van der Waals surface area (Å²) in [5.74, 6) is 4.04. The third-order valence-corrected chi connectivity index (χ3v) is 5.05. The summed E-state index contributed by atoms with van der Waals surface area (Å²) < 4.78 is 7.63. The Bertz CT molecular complexity index is 415. The smallest absolute Gasteiger partial charge is 0.161 e. The number of likely N-dealkylation sites (N-methyl/N-ethyl adjacent to an activating group) is 1. The SMILES string of the molecule is CNC(c1c(OC)cnn1CCN(C)C)C1CCSC1. The maximum absolute atomic E-state index is 5.53. The summed E-state index contributed by atoms with van der Waals surface area (Å²) in [5, 5.41) is 8.00. The van der Waals surface area contributed by atoms with Crippen LogP contribution in [0.3, 0.4) is 0 Å². The first-order chi connectivity index (χ1) is 9.67. The van der Waals surface area contributed by atoms with Gasteiger partial charge in [0.15, 0.2) is 5.75 Å². The van der Waals surface area contributed by atoms with Crippen molar-refractivity contribution in [2.45, 2.75) is 19.0 Å². The quantitative estimate of drug-likeness (QED) is 0.825. The zero-order chi connectivity index (χ0) is 14.5. The van der Waals surface area contributed by atoms with Crippen molar-refractivity contribution < 1.29 is 4.74 Å². The predicted octanol–water partition coefficient (Wildman–Crippen LogP) is 1.47. The second-order valence-electron chi connectivity index (χ2n) is 5.51. The van der Waals surface area contributed by atoms with E-state index in [9.17, 15) is 0 Å². The van der Waals surface area contributed by atoms with Gasteiger partial charge in [0.2, 0.25) is 0 Å². The summed E-state index contributed by atoms with van der Waals surface area (Å²) in [7, 11) is 7.94. The molecule has 2 atom stereocenters. The number of hydrogen-bond donors (Lipinski definition) is 1. The first-order valence-electron chi connectivity index (χ1n) is 7.16. The second-order valence-corrected chi connectivity index (χ2v) is 6.66. The van der Waals surface area contributed by atoms with E-state index in [-0.39, 0.29) is 0 Å². The Morgan fingerprint density at radius 3 is 2.95 bits per heavy atom. The number of nitrogens with one attached hydrogen (secondary N) is 1. The van der Waals surface area contributed by atoms with Crippen molar-refractivity contribution in [1.29, 1.82) is 0 Å². The molecule has 0 amide bonds. The highest BCUT2D eigenvalue weighted by Crippen LogP contribution is 2.37. The monoisotopic (exact) mass is 298 g/mol. The minimum Gasteiger partial charge on any atom is -0.493 e. The van der Waals surface area contributed by atoms with Gasteiger partial charge in [0.25, 0.3) is 0 Å². The van der Waals surface area contributed by atoms with Crippen molar-refractivity contribution >= 4 is 11.8 Å². The van der Waals surface area contributed by atoms with E-state index in [4.69, 9.17) is 4.74 Å². The third-order valence-electron chi connectivity index (χ3n) is 3.87. The molecule has 2 heterocycles. The molecule has 0 spiro atoms. The molecule has 1 saturated heterocycles. The van der Waals surface area contributed by atoms with Gasteiger partial charge in [-0.15, -0.1) is 0 Å². The molecule has 1 aliphatic heterocycles. The van der Waals surface area contributed by atoms with Crippen LogP contribution in [-0.2, 0) is 6.54 Å². The van der Waals surface area contributed by atoms with E-state index in [1.165, 1.54) is 23.6 Å². The maximum Gasteiger partial charge on any atom is 0.161 e. The Hall–Kier alpha value is -0.720. The van der Waals surface area contributed by atoms with Crippen LogP contribution in [0.25, 0.3) is 0 Å². The molecule has 0 radical (unpaired) electrons. The highest BCUT2D eigenvalue weighted by Gasteiger charge is 2.30. The minimum absolute atomic E-state index is 0.324. The van der Waals surface area contributed by atoms with Gasteiger partial charge in [0, 0.05) is 6.54 Å². The summed E-state index contributed by atoms with van der Waals surface area (Å²) in [6, 6.07) is 0.324. The summed E-state index contributed by atoms with van der Waals surface area (Å²) >= 11 is 2.04. The molecule has 1 fully saturated rings. The summed E-state index contributed by atoms with van der Waals surface area (Å²) in [4.78, 5) is 2.18. The second kappa shape index (κ2) is 7.33. The molecule has 0 saturated carbocycles. The van der Waals surface area contributed by atoms with Gasteiger partial charge < -0.3 is 15.0 Å². The molecule has 2 unspecified atom stereocenters. The first kappa shape index (κ1) is 15.7. The Balaban J connectivity index is 2.23. The average Bonchev–Trinajstić information content (AvgIpc) is 3.07. The van der Waals surface area contributed by atoms with Gasteiger partial charge in [0.1, 0.15) is 0 Å². The molecule has 5 nitrogen and oxygen atoms in total. The predicted molar refractivity (Wildman–Crippen MR) is 84.6 cm³/mol. The highest BCUT2D eigenvalue weighted by atomic mass is 32.2. The van der Waals surface area contributed by atoms with Gasteiger partial charge in [-0.1, -0.05) is 0 Å². The summed E-state index contributed by atoms with van der Waals surface area (Å²) in [5.41, 5.74) is 1.20. The van der Waals surface area contributed by atoms with Crippen molar-refractivity contribution in [2.75, 3.05) is 46.3 Å². The molecule has 0 bridgehead atoms. The number of nitrogens with zero attached hydrogens (tertiary/aromatic N) is 3. The van der Waals surface area contributed by atoms with Crippen molar-refractivity contribution in [3.05, 3.63) is 11.9 Å². The molecular weight excluding hydrogens is 272 g/mol. The molecule has 0 aromatic carbocycles. The standard InChI is InChI=1S/C14H26N4OS/c1-15-13(11-5-8-20-10-11)14-12(19-4)9-16-18(14)7-6-17(2)3/h9,11,13,15H,5-8,10H2,1-4H3. The zero-order valence-corrected chi connectivity index (χ0v) is 13.7. The van der Waals surface area contributed by atoms with Crippen molar-refractivity contribution in [3.63, 3.8) is 0 Å². The largest absolute Gasteiger partial charge is 0.493 e. The van der Waals surface area contributed by atoms with E-state index in [0.717, 1.165) is 18.8 Å². The molecule has 1 aromatic heterocycles. The summed E-state index contributed by atoms with van der Waals surface area (Å²) in [6.45, 7) is 1.87. The van der Waals surface area contributed by atoms with Crippen molar-refractivity contribution in [1.82, 2.24) is 20.0 Å². The highest BCUT2D eigenvalue weighted by molar-refractivity contribution is 7.99. The average molecular weight is 298 g/mol. The number of aromatic nitrogens is 2. The van der Waals surface area contributed by atoms with E-state index in [1.54, 1.807) is 7.11 Å². The topological polar surface area (TPSA) is 42.3 Å². The lowest BCUT2D eigenvalue weighted by Crippen LogP contribution is -2.29. The van der Waals surface area contributed by atoms with Crippen molar-refractivity contribution in [3.8, 4) is 5.75 Å². The van der Waals surface area contributed by atoms with Crippen LogP contribution in [-0.4, -0.2) is 61.0 Å². The van der Waals surface area contributed by atoms with Gasteiger partial charge in [-0.25, -0.2) is 0 Å². The molecule has 1 aliphatic rings. The molecule has 20 heavy (non-hydrogen) atoms. The van der Waals surface area contributed by atoms with Crippen LogP contribution in [0.4, 0.5) is 0 Å². The Labute approximate surface area is 126 Å². The van der Waals surface area contributed by atoms with Gasteiger partial charge in [0.05, 0.1) is 31.6 Å². The molecule has 1 N–H and O–H groups in total. The van der Waals surface area contributed by atoms with Gasteiger partial charge >= 0.3 is 0 Å². The van der Waals surface area contributed by atoms with Crippen LogP contribution in [0, 0.1) is 5.92 Å². The molecule has 114 valence electrons. The number of hydrogen-bond acceptors (Lipinski definition) is 5. The van der Waals surface area contributed by atoms with E-state index in [0.29, 0.717) is 12.0 Å². The van der Waals surface area contributed by atoms with E-state index < -0.39 is 0 Å². The van der Waals surface area contributed by atoms with Crippen LogP contribution in [0.15, 0.2) is 6.20 Å². The van der Waals surface area contributed by atoms with Gasteiger partial charge in [-0.2, -0.15) is 16.9 Å². The van der Waals surface area contributed by atoms with Crippen LogP contribution >= 0.6 is 11.8 Å². The number of rotatable bonds is 7. The van der Waals surface area contributed by atoms with Crippen LogP contribution in [0.1, 0.15) is 18.2 Å². The fourth-order valence-electron chi connectivity index (χ4n) is 2.73. The first-order valence-corrected chi connectivity index (χ1v) is 8.32. The normalized spacial score (nSPS) is 20.6. The Kier molecular flexibility index (Phi) is 5.74. The molecule has 6 heteroatoms. The van der Waals surface area contributed by atoms with Crippen molar-refractivity contribution in [2.24, 2.45) is 5.92 Å². The lowest BCUT2D eigenvalue weighted by atomic mass is 9.96. The maximum atomic E-state index is 5.53. The fourth-order valence-corrected chi connectivity index (χ4v) is 4.03. The number of ether oxygens (including phenoxy) is 1. The fraction of sp³-hybridized carbons (Fsp3) is 0.786. The van der Waals surface area contributed by atoms with Gasteiger partial charge in [-0.3, -0.25) is 4.68 Å². The molecule has 2 rings (SSSR count). The molecular formula is C14H26N4OS. The number of methoxy groups -OCH3 is 1. The van der Waals surface area contributed by atoms with Gasteiger partial charge in [-0.05, 0) is 45.0 Å². The van der Waals surface area contributed by atoms with Crippen LogP contribution in [0.5, 0.6) is 5.75 Å². The number of thioether (sulfide) groups is 1. The molecule has 1 aromatic rings. The third kappa shape index (κ3) is 3.48. The van der Waals surface area contributed by atoms with E-state index in [2.05, 4.69) is 34.1 Å². The Morgan fingerprint density at radius 1 is 1.60 bits per heavy atom. The Morgan fingerprint density at radius 2 is 2.40 bits per heavy atom. The lowest BCUT2D eigenvalue weighted by Gasteiger charge is -2.25. The minimum atomic E-state index is 0.324. The summed E-state index contributed by atoms with van der Waals surface area (Å²) in [6.07, 6.45) is 3.11. The van der Waals surface area contributed by atoms with E-state index in [1.807, 2.05) is 25.0 Å². The molecule has 0 aliphatic carbocycles. The van der Waals surface area contributed by atoms with Crippen LogP contribution < -0.4 is 10.1 Å². The zero-order valence-electron chi connectivity index (χ0n) is 12.9. The van der Waals surface area contributed by atoms with E-state index >= 15 is 0 Å². The van der Waals surface area contributed by atoms with Crippen LogP contribution in [0.2, 0.25) is 0 Å².